The molecule has 2 N–H and O–H groups in total. The van der Waals surface area contributed by atoms with E-state index in [1.165, 1.54) is 0 Å². The van der Waals surface area contributed by atoms with E-state index in [9.17, 15) is 8.42 Å². The van der Waals surface area contributed by atoms with Crippen LogP contribution in [0.3, 0.4) is 0 Å². The van der Waals surface area contributed by atoms with Crippen LogP contribution in [0.15, 0.2) is 35.2 Å². The minimum Gasteiger partial charge on any atom is -0.362 e. The number of rotatable bonds is 5. The minimum absolute atomic E-state index is 0.296. The Kier molecular flexibility index (Phi) is 4.54. The molecule has 0 bridgehead atoms. The highest BCUT2D eigenvalue weighted by atomic mass is 32.2. The van der Waals surface area contributed by atoms with Crippen molar-refractivity contribution in [3.8, 4) is 0 Å². The number of hydrogen-bond acceptors (Lipinski definition) is 2. The van der Waals surface area contributed by atoms with E-state index < -0.39 is 10.0 Å². The fourth-order valence-corrected chi connectivity index (χ4v) is 3.26. The van der Waals surface area contributed by atoms with Gasteiger partial charge >= 0.3 is 0 Å². The van der Waals surface area contributed by atoms with Gasteiger partial charge in [0.25, 0.3) is 0 Å². The molecule has 0 atom stereocenters. The Morgan fingerprint density at radius 2 is 1.76 bits per heavy atom. The van der Waals surface area contributed by atoms with Gasteiger partial charge in [-0.1, -0.05) is 26.0 Å². The van der Waals surface area contributed by atoms with Crippen molar-refractivity contribution in [3.63, 3.8) is 0 Å². The van der Waals surface area contributed by atoms with Crippen molar-refractivity contribution in [1.82, 2.24) is 9.71 Å². The molecule has 1 aromatic carbocycles. The van der Waals surface area contributed by atoms with Gasteiger partial charge in [0, 0.05) is 17.9 Å². The van der Waals surface area contributed by atoms with Crippen LogP contribution in [0.25, 0.3) is 0 Å². The monoisotopic (exact) mass is 306 g/mol. The smallest absolute Gasteiger partial charge is 0.240 e. The van der Waals surface area contributed by atoms with Crippen molar-refractivity contribution in [1.29, 1.82) is 0 Å². The predicted octanol–water partition coefficient (Wildman–Crippen LogP) is 3.23. The van der Waals surface area contributed by atoms with Crippen LogP contribution < -0.4 is 4.72 Å². The first kappa shape index (κ1) is 15.8. The molecule has 0 saturated heterocycles. The summed E-state index contributed by atoms with van der Waals surface area (Å²) in [6.45, 7) is 8.35. The van der Waals surface area contributed by atoms with Gasteiger partial charge in [0.2, 0.25) is 10.0 Å². The Bertz CT molecular complexity index is 713. The van der Waals surface area contributed by atoms with Crippen molar-refractivity contribution >= 4 is 10.0 Å². The van der Waals surface area contributed by atoms with Crippen LogP contribution in [0, 0.1) is 13.8 Å². The normalized spacial score (nSPS) is 12.0. The highest BCUT2D eigenvalue weighted by Crippen LogP contribution is 2.18. The van der Waals surface area contributed by atoms with E-state index in [4.69, 9.17) is 0 Å². The molecule has 0 aliphatic heterocycles. The van der Waals surface area contributed by atoms with Gasteiger partial charge in [-0.15, -0.1) is 0 Å². The van der Waals surface area contributed by atoms with Crippen LogP contribution in [0.4, 0.5) is 0 Å². The van der Waals surface area contributed by atoms with E-state index >= 15 is 0 Å². The van der Waals surface area contributed by atoms with Crippen LogP contribution >= 0.6 is 0 Å². The molecule has 1 heterocycles. The van der Waals surface area contributed by atoms with Gasteiger partial charge in [-0.25, -0.2) is 13.1 Å². The number of H-pyrrole nitrogens is 1. The Morgan fingerprint density at radius 3 is 2.24 bits per heavy atom. The molecule has 0 aliphatic rings. The van der Waals surface area contributed by atoms with Crippen molar-refractivity contribution in [2.75, 3.05) is 0 Å². The average molecular weight is 306 g/mol. The highest BCUT2D eigenvalue weighted by Gasteiger charge is 2.15. The lowest BCUT2D eigenvalue weighted by molar-refractivity contribution is 0.581. The number of nitrogens with one attached hydrogen (secondary N) is 2. The molecule has 114 valence electrons. The second-order valence-electron chi connectivity index (χ2n) is 5.65. The summed E-state index contributed by atoms with van der Waals surface area (Å²) in [7, 11) is -3.47. The third kappa shape index (κ3) is 3.74. The average Bonchev–Trinajstić information content (AvgIpc) is 2.75. The van der Waals surface area contributed by atoms with Gasteiger partial charge in [-0.05, 0) is 49.1 Å². The van der Waals surface area contributed by atoms with Crippen molar-refractivity contribution in [3.05, 3.63) is 52.8 Å². The summed E-state index contributed by atoms with van der Waals surface area (Å²) >= 11 is 0. The molecule has 0 fully saturated rings. The Hall–Kier alpha value is -1.59. The lowest BCUT2D eigenvalue weighted by Crippen LogP contribution is -2.23. The van der Waals surface area contributed by atoms with Crippen molar-refractivity contribution < 1.29 is 8.42 Å². The Labute approximate surface area is 126 Å². The minimum atomic E-state index is -3.47. The molecule has 0 aliphatic carbocycles. The predicted molar refractivity (Wildman–Crippen MR) is 84.8 cm³/mol. The number of sulfonamides is 1. The first-order chi connectivity index (χ1) is 9.79. The second-order valence-corrected chi connectivity index (χ2v) is 7.42. The van der Waals surface area contributed by atoms with E-state index in [1.54, 1.807) is 12.1 Å². The zero-order valence-corrected chi connectivity index (χ0v) is 13.7. The van der Waals surface area contributed by atoms with Gasteiger partial charge in [-0.2, -0.15) is 0 Å². The lowest BCUT2D eigenvalue weighted by Gasteiger charge is -2.09. The van der Waals surface area contributed by atoms with E-state index in [0.29, 0.717) is 17.4 Å². The summed E-state index contributed by atoms with van der Waals surface area (Å²) in [6, 6.07) is 9.01. The summed E-state index contributed by atoms with van der Waals surface area (Å²) in [6.07, 6.45) is 0. The van der Waals surface area contributed by atoms with E-state index in [0.717, 1.165) is 22.5 Å². The maximum Gasteiger partial charge on any atom is 0.240 e. The first-order valence-electron chi connectivity index (χ1n) is 7.04. The Balaban J connectivity index is 2.13. The molecule has 0 unspecified atom stereocenters. The maximum atomic E-state index is 12.3. The summed E-state index contributed by atoms with van der Waals surface area (Å²) in [5.41, 5.74) is 4.12. The summed E-state index contributed by atoms with van der Waals surface area (Å²) in [4.78, 5) is 3.47. The van der Waals surface area contributed by atoms with Crippen LogP contribution in [-0.2, 0) is 16.6 Å². The third-order valence-electron chi connectivity index (χ3n) is 3.57. The maximum absolute atomic E-state index is 12.3. The van der Waals surface area contributed by atoms with Gasteiger partial charge in [-0.3, -0.25) is 0 Å². The van der Waals surface area contributed by atoms with Gasteiger partial charge in [0.05, 0.1) is 4.90 Å². The molecule has 0 radical (unpaired) electrons. The van der Waals surface area contributed by atoms with Crippen LogP contribution in [0.5, 0.6) is 0 Å². The molecule has 0 saturated carbocycles. The first-order valence-corrected chi connectivity index (χ1v) is 8.52. The molecule has 21 heavy (non-hydrogen) atoms. The molecular weight excluding hydrogens is 284 g/mol. The number of aryl methyl sites for hydroxylation is 2. The SMILES string of the molecule is Cc1cc(CNS(=O)(=O)c2ccc(C(C)C)cc2)c(C)[nH]1. The summed E-state index contributed by atoms with van der Waals surface area (Å²) in [5.74, 6) is 0.389. The van der Waals surface area contributed by atoms with Crippen molar-refractivity contribution in [2.24, 2.45) is 0 Å². The molecule has 0 spiro atoms. The van der Waals surface area contributed by atoms with Crippen LogP contribution in [0.2, 0.25) is 0 Å². The largest absolute Gasteiger partial charge is 0.362 e. The quantitative estimate of drug-likeness (QED) is 0.891. The topological polar surface area (TPSA) is 62.0 Å². The second kappa shape index (κ2) is 6.03. The zero-order valence-electron chi connectivity index (χ0n) is 12.9. The fraction of sp³-hybridized carbons (Fsp3) is 0.375. The Morgan fingerprint density at radius 1 is 1.14 bits per heavy atom. The highest BCUT2D eigenvalue weighted by molar-refractivity contribution is 7.89. The third-order valence-corrected chi connectivity index (χ3v) is 4.98. The van der Waals surface area contributed by atoms with E-state index in [1.807, 2.05) is 32.0 Å². The fourth-order valence-electron chi connectivity index (χ4n) is 2.25. The molecular formula is C16H22N2O2S. The van der Waals surface area contributed by atoms with Crippen LogP contribution in [0.1, 0.15) is 42.3 Å². The lowest BCUT2D eigenvalue weighted by atomic mass is 10.0. The van der Waals surface area contributed by atoms with Gasteiger partial charge < -0.3 is 4.98 Å². The van der Waals surface area contributed by atoms with Crippen molar-refractivity contribution in [2.45, 2.75) is 45.1 Å². The molecule has 4 nitrogen and oxygen atoms in total. The number of aromatic nitrogens is 1. The summed E-state index contributed by atoms with van der Waals surface area (Å²) in [5, 5.41) is 0. The number of hydrogen-bond donors (Lipinski definition) is 2. The van der Waals surface area contributed by atoms with Gasteiger partial charge in [0.1, 0.15) is 0 Å². The zero-order chi connectivity index (χ0) is 15.6. The van der Waals surface area contributed by atoms with Gasteiger partial charge in [0.15, 0.2) is 0 Å². The molecule has 1 aromatic heterocycles. The van der Waals surface area contributed by atoms with E-state index in [2.05, 4.69) is 23.6 Å². The van der Waals surface area contributed by atoms with Crippen LogP contribution in [-0.4, -0.2) is 13.4 Å². The molecule has 2 aromatic rings. The standard InChI is InChI=1S/C16H22N2O2S/c1-11(2)14-5-7-16(8-6-14)21(19,20)17-10-15-9-12(3)18-13(15)4/h5-9,11,17-18H,10H2,1-4H3. The van der Waals surface area contributed by atoms with E-state index in [-0.39, 0.29) is 0 Å². The number of aromatic amines is 1. The molecule has 2 rings (SSSR count). The molecule has 5 heteroatoms. The number of benzene rings is 1. The molecule has 0 amide bonds. The summed E-state index contributed by atoms with van der Waals surface area (Å²) < 4.78 is 27.2.